The van der Waals surface area contributed by atoms with Crippen molar-refractivity contribution >= 4 is 21.6 Å². The Bertz CT molecular complexity index is 862. The molecular formula is C21H28N2O4S. The van der Waals surface area contributed by atoms with Crippen molar-refractivity contribution in [3.8, 4) is 5.75 Å². The first-order chi connectivity index (χ1) is 13.3. The van der Waals surface area contributed by atoms with E-state index in [1.54, 1.807) is 31.2 Å². The van der Waals surface area contributed by atoms with Crippen LogP contribution < -0.4 is 14.4 Å². The van der Waals surface area contributed by atoms with E-state index < -0.39 is 10.0 Å². The predicted octanol–water partition coefficient (Wildman–Crippen LogP) is 3.23. The number of anilines is 1. The monoisotopic (exact) mass is 404 g/mol. The molecule has 2 rings (SSSR count). The number of nitrogens with zero attached hydrogens (tertiary/aromatic N) is 1. The molecule has 0 aliphatic rings. The van der Waals surface area contributed by atoms with Crippen LogP contribution in [0.25, 0.3) is 0 Å². The Balaban J connectivity index is 1.83. The molecule has 1 amide bonds. The normalized spacial score (nSPS) is 11.1. The number of nitrogens with one attached hydrogen (secondary N) is 1. The van der Waals surface area contributed by atoms with Gasteiger partial charge in [-0.3, -0.25) is 9.10 Å². The van der Waals surface area contributed by atoms with Gasteiger partial charge in [0, 0.05) is 18.7 Å². The van der Waals surface area contributed by atoms with E-state index in [9.17, 15) is 13.2 Å². The van der Waals surface area contributed by atoms with Crippen LogP contribution in [0.1, 0.15) is 36.2 Å². The molecule has 7 heteroatoms. The molecule has 0 aliphatic heterocycles. The fourth-order valence-corrected chi connectivity index (χ4v) is 3.88. The van der Waals surface area contributed by atoms with Gasteiger partial charge in [-0.15, -0.1) is 0 Å². The van der Waals surface area contributed by atoms with Crippen molar-refractivity contribution in [2.24, 2.45) is 0 Å². The van der Waals surface area contributed by atoms with E-state index in [0.29, 0.717) is 30.9 Å². The molecule has 0 aromatic heterocycles. The van der Waals surface area contributed by atoms with Crippen molar-refractivity contribution in [1.82, 2.24) is 5.32 Å². The summed E-state index contributed by atoms with van der Waals surface area (Å²) in [5.74, 6) is 0.696. The molecule has 1 N–H and O–H groups in total. The highest BCUT2D eigenvalue weighted by atomic mass is 32.2. The molecule has 0 radical (unpaired) electrons. The number of amides is 1. The Morgan fingerprint density at radius 2 is 1.68 bits per heavy atom. The van der Waals surface area contributed by atoms with Crippen molar-refractivity contribution in [2.45, 2.75) is 26.7 Å². The van der Waals surface area contributed by atoms with E-state index >= 15 is 0 Å². The fourth-order valence-electron chi connectivity index (χ4n) is 2.90. The predicted molar refractivity (Wildman–Crippen MR) is 113 cm³/mol. The molecule has 0 saturated heterocycles. The highest BCUT2D eigenvalue weighted by Gasteiger charge is 2.15. The second-order valence-electron chi connectivity index (χ2n) is 6.41. The van der Waals surface area contributed by atoms with E-state index in [-0.39, 0.29) is 5.91 Å². The standard InChI is InChI=1S/C21H28N2O4S/c1-4-23(28(3,25)26)19-12-10-18(11-13-19)21(24)22-16-6-7-17-8-14-20(15-9-17)27-5-2/h8-15H,4-7,16H2,1-3H3,(H,22,24). The second-order valence-corrected chi connectivity index (χ2v) is 8.32. The highest BCUT2D eigenvalue weighted by molar-refractivity contribution is 7.92. The van der Waals surface area contributed by atoms with E-state index in [2.05, 4.69) is 5.32 Å². The first-order valence-corrected chi connectivity index (χ1v) is 11.3. The average Bonchev–Trinajstić information content (AvgIpc) is 2.66. The summed E-state index contributed by atoms with van der Waals surface area (Å²) in [4.78, 5) is 12.3. The number of rotatable bonds is 10. The van der Waals surface area contributed by atoms with Gasteiger partial charge >= 0.3 is 0 Å². The fraction of sp³-hybridized carbons (Fsp3) is 0.381. The molecule has 0 unspecified atom stereocenters. The van der Waals surface area contributed by atoms with Crippen LogP contribution in [0.5, 0.6) is 5.75 Å². The number of hydrogen-bond acceptors (Lipinski definition) is 4. The number of benzene rings is 2. The van der Waals surface area contributed by atoms with Crippen molar-refractivity contribution < 1.29 is 17.9 Å². The molecule has 2 aromatic carbocycles. The Morgan fingerprint density at radius 3 is 2.21 bits per heavy atom. The van der Waals surface area contributed by atoms with Gasteiger partial charge in [0.05, 0.1) is 18.6 Å². The maximum Gasteiger partial charge on any atom is 0.251 e. The van der Waals surface area contributed by atoms with Crippen LogP contribution in [-0.4, -0.2) is 40.3 Å². The van der Waals surface area contributed by atoms with Crippen LogP contribution in [0.15, 0.2) is 48.5 Å². The lowest BCUT2D eigenvalue weighted by Gasteiger charge is -2.20. The lowest BCUT2D eigenvalue weighted by molar-refractivity contribution is 0.0953. The zero-order chi connectivity index (χ0) is 20.6. The lowest BCUT2D eigenvalue weighted by atomic mass is 10.1. The third-order valence-corrected chi connectivity index (χ3v) is 5.54. The Labute approximate surface area is 167 Å². The van der Waals surface area contributed by atoms with Crippen LogP contribution in [0.3, 0.4) is 0 Å². The summed E-state index contributed by atoms with van der Waals surface area (Å²) in [7, 11) is -3.33. The van der Waals surface area contributed by atoms with Gasteiger partial charge in [-0.2, -0.15) is 0 Å². The number of carbonyl (C=O) groups excluding carboxylic acids is 1. The molecule has 2 aromatic rings. The molecule has 6 nitrogen and oxygen atoms in total. The summed E-state index contributed by atoms with van der Waals surface area (Å²) in [6, 6.07) is 14.6. The van der Waals surface area contributed by atoms with Gasteiger partial charge in [0.2, 0.25) is 10.0 Å². The first kappa shape index (κ1) is 21.8. The largest absolute Gasteiger partial charge is 0.494 e. The molecule has 0 bridgehead atoms. The number of carbonyl (C=O) groups is 1. The molecule has 0 atom stereocenters. The van der Waals surface area contributed by atoms with Crippen molar-refractivity contribution in [3.05, 3.63) is 59.7 Å². The summed E-state index contributed by atoms with van der Waals surface area (Å²) in [6.45, 7) is 5.28. The minimum atomic E-state index is -3.33. The summed E-state index contributed by atoms with van der Waals surface area (Å²) in [5, 5.41) is 2.90. The minimum Gasteiger partial charge on any atom is -0.494 e. The van der Waals surface area contributed by atoms with Crippen LogP contribution in [0.2, 0.25) is 0 Å². The van der Waals surface area contributed by atoms with E-state index in [0.717, 1.165) is 18.6 Å². The lowest BCUT2D eigenvalue weighted by Crippen LogP contribution is -2.29. The minimum absolute atomic E-state index is 0.166. The van der Waals surface area contributed by atoms with E-state index in [1.165, 1.54) is 16.1 Å². The SMILES string of the molecule is CCOc1ccc(CCCNC(=O)c2ccc(N(CC)S(C)(=O)=O)cc2)cc1. The quantitative estimate of drug-likeness (QED) is 0.617. The van der Waals surface area contributed by atoms with Crippen molar-refractivity contribution in [3.63, 3.8) is 0 Å². The maximum absolute atomic E-state index is 12.3. The second kappa shape index (κ2) is 10.1. The van der Waals surface area contributed by atoms with Gasteiger partial charge < -0.3 is 10.1 Å². The van der Waals surface area contributed by atoms with Gasteiger partial charge in [0.15, 0.2) is 0 Å². The number of hydrogen-bond donors (Lipinski definition) is 1. The summed E-state index contributed by atoms with van der Waals surface area (Å²) in [6.07, 6.45) is 2.86. The molecule has 0 aliphatic carbocycles. The zero-order valence-corrected chi connectivity index (χ0v) is 17.5. The Hall–Kier alpha value is -2.54. The van der Waals surface area contributed by atoms with Crippen molar-refractivity contribution in [1.29, 1.82) is 0 Å². The topological polar surface area (TPSA) is 75.7 Å². The summed E-state index contributed by atoms with van der Waals surface area (Å²) >= 11 is 0. The number of sulfonamides is 1. The Kier molecular flexibility index (Phi) is 7.87. The zero-order valence-electron chi connectivity index (χ0n) is 16.6. The van der Waals surface area contributed by atoms with Gasteiger partial charge in [0.25, 0.3) is 5.91 Å². The van der Waals surface area contributed by atoms with Gasteiger partial charge in [-0.1, -0.05) is 12.1 Å². The van der Waals surface area contributed by atoms with Gasteiger partial charge in [-0.25, -0.2) is 8.42 Å². The smallest absolute Gasteiger partial charge is 0.251 e. The Morgan fingerprint density at radius 1 is 1.04 bits per heavy atom. The van der Waals surface area contributed by atoms with Crippen molar-refractivity contribution in [2.75, 3.05) is 30.3 Å². The highest BCUT2D eigenvalue weighted by Crippen LogP contribution is 2.18. The number of ether oxygens (including phenoxy) is 1. The van der Waals surface area contributed by atoms with Crippen LogP contribution in [-0.2, 0) is 16.4 Å². The molecule has 0 fully saturated rings. The molecule has 0 saturated carbocycles. The first-order valence-electron chi connectivity index (χ1n) is 9.42. The molecular weight excluding hydrogens is 376 g/mol. The van der Waals surface area contributed by atoms with Gasteiger partial charge in [-0.05, 0) is 68.7 Å². The van der Waals surface area contributed by atoms with E-state index in [4.69, 9.17) is 4.74 Å². The third kappa shape index (κ3) is 6.27. The van der Waals surface area contributed by atoms with Crippen LogP contribution in [0.4, 0.5) is 5.69 Å². The molecule has 0 spiro atoms. The average molecular weight is 405 g/mol. The molecule has 0 heterocycles. The maximum atomic E-state index is 12.3. The summed E-state index contributed by atoms with van der Waals surface area (Å²) < 4.78 is 30.2. The van der Waals surface area contributed by atoms with Crippen LogP contribution in [0, 0.1) is 0 Å². The number of aryl methyl sites for hydroxylation is 1. The van der Waals surface area contributed by atoms with Crippen LogP contribution >= 0.6 is 0 Å². The van der Waals surface area contributed by atoms with E-state index in [1.807, 2.05) is 31.2 Å². The molecule has 28 heavy (non-hydrogen) atoms. The third-order valence-electron chi connectivity index (χ3n) is 4.27. The molecule has 152 valence electrons. The summed E-state index contributed by atoms with van der Waals surface area (Å²) in [5.41, 5.74) is 2.26. The van der Waals surface area contributed by atoms with Gasteiger partial charge in [0.1, 0.15) is 5.75 Å².